The van der Waals surface area contributed by atoms with E-state index in [2.05, 4.69) is 22.4 Å². The molecule has 3 N–H and O–H groups in total. The monoisotopic (exact) mass is 180 g/mol. The Morgan fingerprint density at radius 2 is 2.23 bits per heavy atom. The van der Waals surface area contributed by atoms with E-state index >= 15 is 0 Å². The van der Waals surface area contributed by atoms with Gasteiger partial charge in [0.05, 0.1) is 5.69 Å². The van der Waals surface area contributed by atoms with Gasteiger partial charge in [-0.15, -0.1) is 5.10 Å². The van der Waals surface area contributed by atoms with Gasteiger partial charge in [-0.1, -0.05) is 6.92 Å². The Morgan fingerprint density at radius 1 is 1.46 bits per heavy atom. The molecule has 1 atom stereocenters. The summed E-state index contributed by atoms with van der Waals surface area (Å²) in [5.41, 5.74) is 6.47. The van der Waals surface area contributed by atoms with Gasteiger partial charge in [0.2, 0.25) is 0 Å². The quantitative estimate of drug-likeness (QED) is 0.719. The minimum Gasteiger partial charge on any atom is -0.365 e. The van der Waals surface area contributed by atoms with Crippen LogP contribution in [0.4, 0.5) is 5.82 Å². The zero-order valence-corrected chi connectivity index (χ0v) is 8.12. The smallest absolute Gasteiger partial charge is 0.148 e. The fourth-order valence-corrected chi connectivity index (χ4v) is 0.937. The first-order valence-corrected chi connectivity index (χ1v) is 4.55. The molecule has 0 aliphatic rings. The summed E-state index contributed by atoms with van der Waals surface area (Å²) in [6, 6.07) is 4.14. The summed E-state index contributed by atoms with van der Waals surface area (Å²) in [6.45, 7) is 4.66. The zero-order valence-electron chi connectivity index (χ0n) is 8.12. The van der Waals surface area contributed by atoms with Crippen LogP contribution in [-0.4, -0.2) is 22.8 Å². The van der Waals surface area contributed by atoms with Crippen molar-refractivity contribution in [1.29, 1.82) is 0 Å². The Balaban J connectivity index is 2.58. The number of anilines is 1. The van der Waals surface area contributed by atoms with E-state index in [-0.39, 0.29) is 6.04 Å². The van der Waals surface area contributed by atoms with E-state index in [0.29, 0.717) is 6.54 Å². The van der Waals surface area contributed by atoms with Gasteiger partial charge in [0.15, 0.2) is 0 Å². The average molecular weight is 180 g/mol. The molecule has 0 spiro atoms. The average Bonchev–Trinajstić information content (AvgIpc) is 2.19. The maximum atomic E-state index is 5.47. The lowest BCUT2D eigenvalue weighted by Gasteiger charge is -2.10. The molecule has 4 heteroatoms. The molecule has 13 heavy (non-hydrogen) atoms. The highest BCUT2D eigenvalue weighted by Gasteiger charge is 2.00. The van der Waals surface area contributed by atoms with E-state index in [4.69, 9.17) is 5.73 Å². The van der Waals surface area contributed by atoms with Crippen LogP contribution in [0.3, 0.4) is 0 Å². The Kier molecular flexibility index (Phi) is 3.64. The fourth-order valence-electron chi connectivity index (χ4n) is 0.937. The lowest BCUT2D eigenvalue weighted by atomic mass is 10.3. The second-order valence-electron chi connectivity index (χ2n) is 3.04. The van der Waals surface area contributed by atoms with Gasteiger partial charge in [0.1, 0.15) is 5.82 Å². The van der Waals surface area contributed by atoms with Gasteiger partial charge < -0.3 is 11.1 Å². The SMILES string of the molecule is CCc1ccc(NC(C)CN)nn1. The Morgan fingerprint density at radius 3 is 2.69 bits per heavy atom. The maximum absolute atomic E-state index is 5.47. The predicted octanol–water partition coefficient (Wildman–Crippen LogP) is 0.798. The number of aryl methyl sites for hydroxylation is 1. The van der Waals surface area contributed by atoms with Crippen LogP contribution in [0.2, 0.25) is 0 Å². The number of nitrogens with one attached hydrogen (secondary N) is 1. The highest BCUT2D eigenvalue weighted by molar-refractivity contribution is 5.33. The molecule has 1 rings (SSSR count). The van der Waals surface area contributed by atoms with Crippen LogP contribution in [0, 0.1) is 0 Å². The summed E-state index contributed by atoms with van der Waals surface area (Å²) < 4.78 is 0. The standard InChI is InChI=1S/C9H16N4/c1-3-8-4-5-9(13-12-8)11-7(2)6-10/h4-5,7H,3,6,10H2,1-2H3,(H,11,13). The maximum Gasteiger partial charge on any atom is 0.148 e. The van der Waals surface area contributed by atoms with Crippen LogP contribution in [0.25, 0.3) is 0 Å². The van der Waals surface area contributed by atoms with Crippen LogP contribution >= 0.6 is 0 Å². The molecule has 0 saturated carbocycles. The molecule has 1 aromatic heterocycles. The lowest BCUT2D eigenvalue weighted by molar-refractivity contribution is 0.788. The third-order valence-electron chi connectivity index (χ3n) is 1.83. The van der Waals surface area contributed by atoms with Gasteiger partial charge in [-0.25, -0.2) is 0 Å². The zero-order chi connectivity index (χ0) is 9.68. The largest absolute Gasteiger partial charge is 0.365 e. The molecular formula is C9H16N4. The molecule has 0 saturated heterocycles. The minimum absolute atomic E-state index is 0.238. The van der Waals surface area contributed by atoms with Crippen LogP contribution in [-0.2, 0) is 6.42 Å². The number of hydrogen-bond acceptors (Lipinski definition) is 4. The second-order valence-corrected chi connectivity index (χ2v) is 3.04. The molecule has 0 amide bonds. The van der Waals surface area contributed by atoms with E-state index in [9.17, 15) is 0 Å². The molecule has 72 valence electrons. The molecule has 0 aliphatic carbocycles. The Hall–Kier alpha value is -1.16. The highest BCUT2D eigenvalue weighted by Crippen LogP contribution is 2.03. The fraction of sp³-hybridized carbons (Fsp3) is 0.556. The number of nitrogens with two attached hydrogens (primary N) is 1. The normalized spacial score (nSPS) is 12.5. The summed E-state index contributed by atoms with van der Waals surface area (Å²) >= 11 is 0. The molecule has 0 bridgehead atoms. The van der Waals surface area contributed by atoms with Crippen molar-refractivity contribution in [1.82, 2.24) is 10.2 Å². The van der Waals surface area contributed by atoms with Crippen LogP contribution < -0.4 is 11.1 Å². The number of rotatable bonds is 4. The summed E-state index contributed by atoms with van der Waals surface area (Å²) in [7, 11) is 0. The van der Waals surface area contributed by atoms with Crippen LogP contribution in [0.5, 0.6) is 0 Å². The number of aromatic nitrogens is 2. The molecule has 1 aromatic rings. The molecule has 0 fully saturated rings. The third kappa shape index (κ3) is 2.99. The van der Waals surface area contributed by atoms with Crippen molar-refractivity contribution in [2.75, 3.05) is 11.9 Å². The van der Waals surface area contributed by atoms with E-state index in [1.807, 2.05) is 19.1 Å². The summed E-state index contributed by atoms with van der Waals surface area (Å²) in [5.74, 6) is 0.787. The molecular weight excluding hydrogens is 164 g/mol. The molecule has 4 nitrogen and oxygen atoms in total. The van der Waals surface area contributed by atoms with Crippen LogP contribution in [0.1, 0.15) is 19.5 Å². The number of nitrogens with zero attached hydrogens (tertiary/aromatic N) is 2. The van der Waals surface area contributed by atoms with Crippen molar-refractivity contribution in [3.63, 3.8) is 0 Å². The van der Waals surface area contributed by atoms with Crippen molar-refractivity contribution in [3.8, 4) is 0 Å². The molecule has 1 heterocycles. The van der Waals surface area contributed by atoms with Gasteiger partial charge in [0.25, 0.3) is 0 Å². The van der Waals surface area contributed by atoms with E-state index in [0.717, 1.165) is 17.9 Å². The molecule has 0 aliphatic heterocycles. The first-order valence-electron chi connectivity index (χ1n) is 4.55. The second kappa shape index (κ2) is 4.77. The summed E-state index contributed by atoms with van der Waals surface area (Å²) in [4.78, 5) is 0. The van der Waals surface area contributed by atoms with Crippen molar-refractivity contribution < 1.29 is 0 Å². The predicted molar refractivity (Wildman–Crippen MR) is 53.5 cm³/mol. The van der Waals surface area contributed by atoms with Crippen molar-refractivity contribution >= 4 is 5.82 Å². The van der Waals surface area contributed by atoms with Gasteiger partial charge in [-0.05, 0) is 25.5 Å². The third-order valence-corrected chi connectivity index (χ3v) is 1.83. The van der Waals surface area contributed by atoms with E-state index in [1.54, 1.807) is 0 Å². The van der Waals surface area contributed by atoms with Crippen molar-refractivity contribution in [2.45, 2.75) is 26.3 Å². The molecule has 1 unspecified atom stereocenters. The molecule has 0 radical (unpaired) electrons. The van der Waals surface area contributed by atoms with E-state index < -0.39 is 0 Å². The first kappa shape index (κ1) is 9.92. The van der Waals surface area contributed by atoms with Gasteiger partial charge >= 0.3 is 0 Å². The summed E-state index contributed by atoms with van der Waals surface area (Å²) in [6.07, 6.45) is 0.916. The first-order chi connectivity index (χ1) is 6.26. The van der Waals surface area contributed by atoms with Gasteiger partial charge in [-0.3, -0.25) is 0 Å². The summed E-state index contributed by atoms with van der Waals surface area (Å²) in [5, 5.41) is 11.2. The topological polar surface area (TPSA) is 63.8 Å². The van der Waals surface area contributed by atoms with Crippen molar-refractivity contribution in [3.05, 3.63) is 17.8 Å². The highest BCUT2D eigenvalue weighted by atomic mass is 15.2. The van der Waals surface area contributed by atoms with Crippen LogP contribution in [0.15, 0.2) is 12.1 Å². The Bertz CT molecular complexity index is 244. The van der Waals surface area contributed by atoms with Crippen molar-refractivity contribution in [2.24, 2.45) is 5.73 Å². The van der Waals surface area contributed by atoms with Gasteiger partial charge in [0, 0.05) is 12.6 Å². The Labute approximate surface area is 78.6 Å². The van der Waals surface area contributed by atoms with E-state index in [1.165, 1.54) is 0 Å². The molecule has 0 aromatic carbocycles. The minimum atomic E-state index is 0.238. The van der Waals surface area contributed by atoms with Gasteiger partial charge in [-0.2, -0.15) is 5.10 Å². The lowest BCUT2D eigenvalue weighted by Crippen LogP contribution is -2.25. The number of hydrogen-bond donors (Lipinski definition) is 2.